The molecule has 5 heteroatoms. The van der Waals surface area contributed by atoms with E-state index in [1.807, 2.05) is 6.07 Å². The molecule has 0 bridgehead atoms. The van der Waals surface area contributed by atoms with Crippen LogP contribution in [0.3, 0.4) is 0 Å². The molecule has 1 aromatic carbocycles. The van der Waals surface area contributed by atoms with E-state index in [9.17, 15) is 9.59 Å². The first-order chi connectivity index (χ1) is 7.69. The molecule has 0 radical (unpaired) electrons. The average Bonchev–Trinajstić information content (AvgIpc) is 2.35. The van der Waals surface area contributed by atoms with Crippen LogP contribution in [0.5, 0.6) is 5.75 Å². The monoisotopic (exact) mass is 281 g/mol. The van der Waals surface area contributed by atoms with Crippen LogP contribution in [0, 0.1) is 11.3 Å². The van der Waals surface area contributed by atoms with Gasteiger partial charge < -0.3 is 4.74 Å². The van der Waals surface area contributed by atoms with Gasteiger partial charge in [0.05, 0.1) is 18.0 Å². The van der Waals surface area contributed by atoms with Crippen molar-refractivity contribution in [2.45, 2.75) is 0 Å². The highest BCUT2D eigenvalue weighted by molar-refractivity contribution is 9.09. The maximum atomic E-state index is 11.5. The first-order valence-electron chi connectivity index (χ1n) is 4.35. The maximum absolute atomic E-state index is 11.5. The minimum absolute atomic E-state index is 0.0940. The highest BCUT2D eigenvalue weighted by Crippen LogP contribution is 2.26. The molecule has 82 valence electrons. The molecule has 0 aliphatic rings. The number of ketones is 1. The summed E-state index contributed by atoms with van der Waals surface area (Å²) in [6.07, 6.45) is 0.585. The third-order valence-corrected chi connectivity index (χ3v) is 2.56. The second kappa shape index (κ2) is 5.42. The molecule has 0 atom stereocenters. The molecule has 4 nitrogen and oxygen atoms in total. The van der Waals surface area contributed by atoms with Crippen LogP contribution < -0.4 is 4.74 Å². The Hall–Kier alpha value is -1.67. The van der Waals surface area contributed by atoms with Crippen molar-refractivity contribution in [1.29, 1.82) is 5.26 Å². The van der Waals surface area contributed by atoms with Gasteiger partial charge >= 0.3 is 0 Å². The molecule has 16 heavy (non-hydrogen) atoms. The van der Waals surface area contributed by atoms with E-state index in [1.54, 1.807) is 0 Å². The van der Waals surface area contributed by atoms with Gasteiger partial charge in [0, 0.05) is 5.56 Å². The molecule has 0 saturated heterocycles. The van der Waals surface area contributed by atoms with Gasteiger partial charge in [0.15, 0.2) is 12.1 Å². The number of hydrogen-bond acceptors (Lipinski definition) is 4. The van der Waals surface area contributed by atoms with Crippen molar-refractivity contribution in [3.63, 3.8) is 0 Å². The standard InChI is InChI=1S/C11H8BrNO3/c1-16-11-7(6-14)2-3-8(9(11)5-13)10(15)4-12/h2-3,6H,4H2,1H3. The number of nitrogens with zero attached hydrogens (tertiary/aromatic N) is 1. The van der Waals surface area contributed by atoms with Gasteiger partial charge in [-0.3, -0.25) is 9.59 Å². The fourth-order valence-corrected chi connectivity index (χ4v) is 1.63. The number of ether oxygens (including phenoxy) is 1. The third-order valence-electron chi connectivity index (χ3n) is 2.05. The van der Waals surface area contributed by atoms with Crippen molar-refractivity contribution in [2.24, 2.45) is 0 Å². The summed E-state index contributed by atoms with van der Waals surface area (Å²) in [5, 5.41) is 9.10. The van der Waals surface area contributed by atoms with Crippen molar-refractivity contribution < 1.29 is 14.3 Å². The number of aldehydes is 1. The van der Waals surface area contributed by atoms with E-state index < -0.39 is 0 Å². The number of halogens is 1. The molecule has 0 N–H and O–H groups in total. The Kier molecular flexibility index (Phi) is 4.20. The topological polar surface area (TPSA) is 67.2 Å². The quantitative estimate of drug-likeness (QED) is 0.481. The second-order valence-electron chi connectivity index (χ2n) is 2.90. The fourth-order valence-electron chi connectivity index (χ4n) is 1.33. The first kappa shape index (κ1) is 12.4. The Morgan fingerprint density at radius 3 is 2.75 bits per heavy atom. The number of Topliss-reactive ketones (excluding diaryl/α,β-unsaturated/α-hetero) is 1. The highest BCUT2D eigenvalue weighted by atomic mass is 79.9. The molecular formula is C11H8BrNO3. The number of methoxy groups -OCH3 is 1. The zero-order valence-electron chi connectivity index (χ0n) is 8.49. The molecule has 0 unspecified atom stereocenters. The van der Waals surface area contributed by atoms with Crippen LogP contribution in [0.4, 0.5) is 0 Å². The number of nitriles is 1. The number of rotatable bonds is 4. The summed E-state index contributed by atoms with van der Waals surface area (Å²) < 4.78 is 4.97. The molecule has 0 aliphatic heterocycles. The van der Waals surface area contributed by atoms with Gasteiger partial charge in [-0.05, 0) is 12.1 Å². The minimum atomic E-state index is -0.229. The van der Waals surface area contributed by atoms with Crippen LogP contribution >= 0.6 is 15.9 Å². The predicted molar refractivity (Wildman–Crippen MR) is 61.2 cm³/mol. The number of carbonyl (C=O) groups excluding carboxylic acids is 2. The number of benzene rings is 1. The van der Waals surface area contributed by atoms with Gasteiger partial charge in [-0.25, -0.2) is 0 Å². The summed E-state index contributed by atoms with van der Waals surface area (Å²) in [7, 11) is 1.35. The fraction of sp³-hybridized carbons (Fsp3) is 0.182. The van der Waals surface area contributed by atoms with Crippen molar-refractivity contribution in [3.8, 4) is 11.8 Å². The largest absolute Gasteiger partial charge is 0.495 e. The Morgan fingerprint density at radius 1 is 1.62 bits per heavy atom. The van der Waals surface area contributed by atoms with Gasteiger partial charge in [-0.15, -0.1) is 0 Å². The summed E-state index contributed by atoms with van der Waals surface area (Å²) in [5.41, 5.74) is 0.601. The lowest BCUT2D eigenvalue weighted by Gasteiger charge is -2.08. The van der Waals surface area contributed by atoms with E-state index in [-0.39, 0.29) is 33.6 Å². The van der Waals surface area contributed by atoms with Crippen molar-refractivity contribution >= 4 is 28.0 Å². The van der Waals surface area contributed by atoms with Crippen LogP contribution in [0.25, 0.3) is 0 Å². The summed E-state index contributed by atoms with van der Waals surface area (Å²) >= 11 is 3.03. The van der Waals surface area contributed by atoms with Crippen molar-refractivity contribution in [1.82, 2.24) is 0 Å². The second-order valence-corrected chi connectivity index (χ2v) is 3.46. The molecule has 0 spiro atoms. The van der Waals surface area contributed by atoms with Crippen LogP contribution in [0.1, 0.15) is 26.3 Å². The summed E-state index contributed by atoms with van der Waals surface area (Å²) in [6.45, 7) is 0. The van der Waals surface area contributed by atoms with E-state index in [0.717, 1.165) is 0 Å². The van der Waals surface area contributed by atoms with Crippen LogP contribution in [-0.2, 0) is 0 Å². The normalized spacial score (nSPS) is 9.31. The van der Waals surface area contributed by atoms with Gasteiger partial charge in [0.25, 0.3) is 0 Å². The summed E-state index contributed by atoms with van der Waals surface area (Å²) in [4.78, 5) is 22.2. The molecule has 0 amide bonds. The zero-order valence-corrected chi connectivity index (χ0v) is 10.1. The predicted octanol–water partition coefficient (Wildman–Crippen LogP) is 1.96. The van der Waals surface area contributed by atoms with Gasteiger partial charge in [-0.1, -0.05) is 15.9 Å². The lowest BCUT2D eigenvalue weighted by molar-refractivity contribution is 0.102. The van der Waals surface area contributed by atoms with Gasteiger partial charge in [0.2, 0.25) is 0 Å². The Labute approximate surface area is 101 Å². The molecule has 0 aliphatic carbocycles. The Balaban J connectivity index is 3.50. The van der Waals surface area contributed by atoms with Crippen LogP contribution in [0.15, 0.2) is 12.1 Å². The van der Waals surface area contributed by atoms with Crippen LogP contribution in [0.2, 0.25) is 0 Å². The lowest BCUT2D eigenvalue weighted by Crippen LogP contribution is -2.06. The minimum Gasteiger partial charge on any atom is -0.495 e. The lowest BCUT2D eigenvalue weighted by atomic mass is 10.0. The first-order valence-corrected chi connectivity index (χ1v) is 5.47. The molecule has 1 aromatic rings. The molecule has 0 aromatic heterocycles. The number of alkyl halides is 1. The summed E-state index contributed by atoms with van der Waals surface area (Å²) in [5.74, 6) is -0.0865. The van der Waals surface area contributed by atoms with Gasteiger partial charge in [-0.2, -0.15) is 5.26 Å². The van der Waals surface area contributed by atoms with E-state index in [4.69, 9.17) is 10.00 Å². The number of carbonyl (C=O) groups is 2. The molecule has 0 saturated carbocycles. The Morgan fingerprint density at radius 2 is 2.31 bits per heavy atom. The zero-order chi connectivity index (χ0) is 12.1. The van der Waals surface area contributed by atoms with Crippen molar-refractivity contribution in [2.75, 3.05) is 12.4 Å². The van der Waals surface area contributed by atoms with E-state index in [2.05, 4.69) is 15.9 Å². The van der Waals surface area contributed by atoms with Crippen molar-refractivity contribution in [3.05, 3.63) is 28.8 Å². The highest BCUT2D eigenvalue weighted by Gasteiger charge is 2.17. The van der Waals surface area contributed by atoms with E-state index >= 15 is 0 Å². The molecule has 0 fully saturated rings. The smallest absolute Gasteiger partial charge is 0.174 e. The summed E-state index contributed by atoms with van der Waals surface area (Å²) in [6, 6.07) is 4.79. The number of hydrogen-bond donors (Lipinski definition) is 0. The van der Waals surface area contributed by atoms with Gasteiger partial charge in [0.1, 0.15) is 17.4 Å². The molecular weight excluding hydrogens is 274 g/mol. The maximum Gasteiger partial charge on any atom is 0.174 e. The third kappa shape index (κ3) is 2.12. The Bertz CT molecular complexity index is 477. The van der Waals surface area contributed by atoms with E-state index in [0.29, 0.717) is 6.29 Å². The molecule has 1 rings (SSSR count). The molecule has 0 heterocycles. The van der Waals surface area contributed by atoms with E-state index in [1.165, 1.54) is 19.2 Å². The SMILES string of the molecule is COc1c(C=O)ccc(C(=O)CBr)c1C#N. The van der Waals surface area contributed by atoms with Crippen LogP contribution in [-0.4, -0.2) is 24.5 Å². The average molecular weight is 282 g/mol.